The number of nitrogens with two attached hydrogens (primary N) is 1. The van der Waals surface area contributed by atoms with Gasteiger partial charge in [-0.25, -0.2) is 4.98 Å². The lowest BCUT2D eigenvalue weighted by molar-refractivity contribution is 0.102. The number of nitrogens with zero attached hydrogens (tertiary/aromatic N) is 1. The van der Waals surface area contributed by atoms with Crippen molar-refractivity contribution in [3.63, 3.8) is 0 Å². The average molecular weight is 399 g/mol. The molecule has 4 nitrogen and oxygen atoms in total. The molecule has 0 unspecified atom stereocenters. The van der Waals surface area contributed by atoms with Crippen molar-refractivity contribution >= 4 is 49.3 Å². The second-order valence-corrected chi connectivity index (χ2v) is 6.17. The maximum atomic E-state index is 12.2. The summed E-state index contributed by atoms with van der Waals surface area (Å²) < 4.78 is 1.75. The van der Waals surface area contributed by atoms with Gasteiger partial charge in [0.25, 0.3) is 5.91 Å². The van der Waals surface area contributed by atoms with Crippen molar-refractivity contribution in [1.29, 1.82) is 0 Å². The molecule has 3 N–H and O–H groups in total. The van der Waals surface area contributed by atoms with E-state index in [-0.39, 0.29) is 11.7 Å². The fourth-order valence-corrected chi connectivity index (χ4v) is 2.41. The van der Waals surface area contributed by atoms with E-state index >= 15 is 0 Å². The number of benzene rings is 1. The number of anilines is 2. The summed E-state index contributed by atoms with van der Waals surface area (Å²) in [6.45, 7) is 3.95. The van der Waals surface area contributed by atoms with Gasteiger partial charge in [0, 0.05) is 20.8 Å². The molecule has 1 amide bonds. The Balaban J connectivity index is 2.30. The van der Waals surface area contributed by atoms with E-state index in [2.05, 4.69) is 42.2 Å². The van der Waals surface area contributed by atoms with Crippen LogP contribution in [0.15, 0.2) is 33.3 Å². The second kappa shape index (κ2) is 5.93. The standard InChI is InChI=1S/C14H13Br2N3O/c1-7-3-10(4-8(2)12(7)16)19-14(20)11-5-9(15)6-18-13(11)17/h3-6H,1-2H3,(H2,17,18)(H,19,20). The number of nitrogen functional groups attached to an aromatic ring is 1. The molecule has 0 bridgehead atoms. The van der Waals surface area contributed by atoms with E-state index in [1.54, 1.807) is 12.3 Å². The summed E-state index contributed by atoms with van der Waals surface area (Å²) in [6, 6.07) is 5.45. The fourth-order valence-electron chi connectivity index (χ4n) is 1.85. The Kier molecular flexibility index (Phi) is 4.45. The van der Waals surface area contributed by atoms with Crippen LogP contribution < -0.4 is 11.1 Å². The molecule has 0 atom stereocenters. The summed E-state index contributed by atoms with van der Waals surface area (Å²) in [7, 11) is 0. The quantitative estimate of drug-likeness (QED) is 0.801. The van der Waals surface area contributed by atoms with Crippen molar-refractivity contribution in [1.82, 2.24) is 4.98 Å². The molecule has 1 aromatic heterocycles. The first-order valence-electron chi connectivity index (χ1n) is 5.87. The zero-order valence-corrected chi connectivity index (χ0v) is 14.2. The van der Waals surface area contributed by atoms with E-state index in [1.165, 1.54) is 0 Å². The lowest BCUT2D eigenvalue weighted by Crippen LogP contribution is -2.15. The third-order valence-corrected chi connectivity index (χ3v) is 4.51. The molecule has 2 rings (SSSR count). The van der Waals surface area contributed by atoms with Crippen molar-refractivity contribution in [3.8, 4) is 0 Å². The minimum atomic E-state index is -0.280. The number of aromatic nitrogens is 1. The predicted molar refractivity (Wildman–Crippen MR) is 87.9 cm³/mol. The maximum Gasteiger partial charge on any atom is 0.259 e. The Morgan fingerprint density at radius 3 is 2.40 bits per heavy atom. The number of nitrogens with one attached hydrogen (secondary N) is 1. The largest absolute Gasteiger partial charge is 0.383 e. The normalized spacial score (nSPS) is 10.4. The van der Waals surface area contributed by atoms with Crippen LogP contribution in [0.5, 0.6) is 0 Å². The van der Waals surface area contributed by atoms with Gasteiger partial charge < -0.3 is 11.1 Å². The summed E-state index contributed by atoms with van der Waals surface area (Å²) in [5.74, 6) is -0.0753. The minimum absolute atomic E-state index is 0.205. The van der Waals surface area contributed by atoms with Gasteiger partial charge in [0.2, 0.25) is 0 Å². The van der Waals surface area contributed by atoms with Gasteiger partial charge in [0.05, 0.1) is 5.56 Å². The number of carbonyl (C=O) groups is 1. The molecular formula is C14H13Br2N3O. The van der Waals surface area contributed by atoms with Crippen LogP contribution in [0.4, 0.5) is 11.5 Å². The monoisotopic (exact) mass is 397 g/mol. The zero-order chi connectivity index (χ0) is 14.9. The van der Waals surface area contributed by atoms with Gasteiger partial charge in [-0.05, 0) is 59.1 Å². The molecule has 0 radical (unpaired) electrons. The van der Waals surface area contributed by atoms with Crippen LogP contribution in [0, 0.1) is 13.8 Å². The molecule has 2 aromatic rings. The summed E-state index contributed by atoms with van der Waals surface area (Å²) in [6.07, 6.45) is 1.56. The van der Waals surface area contributed by atoms with Crippen LogP contribution in [0.3, 0.4) is 0 Å². The molecule has 0 aliphatic rings. The first kappa shape index (κ1) is 15.0. The van der Waals surface area contributed by atoms with E-state index in [0.29, 0.717) is 10.0 Å². The number of halogens is 2. The highest BCUT2D eigenvalue weighted by atomic mass is 79.9. The van der Waals surface area contributed by atoms with Gasteiger partial charge in [0.1, 0.15) is 5.82 Å². The Hall–Kier alpha value is -1.40. The first-order chi connectivity index (χ1) is 9.38. The molecule has 6 heteroatoms. The minimum Gasteiger partial charge on any atom is -0.383 e. The highest BCUT2D eigenvalue weighted by Gasteiger charge is 2.12. The predicted octanol–water partition coefficient (Wildman–Crippen LogP) is 4.06. The zero-order valence-electron chi connectivity index (χ0n) is 11.0. The number of carbonyl (C=O) groups excluding carboxylic acids is 1. The molecule has 20 heavy (non-hydrogen) atoms. The van der Waals surface area contributed by atoms with E-state index in [4.69, 9.17) is 5.73 Å². The van der Waals surface area contributed by atoms with Gasteiger partial charge in [-0.2, -0.15) is 0 Å². The molecule has 0 spiro atoms. The van der Waals surface area contributed by atoms with Crippen LogP contribution >= 0.6 is 31.9 Å². The Morgan fingerprint density at radius 2 is 1.80 bits per heavy atom. The molecule has 0 aliphatic heterocycles. The van der Waals surface area contributed by atoms with Crippen molar-refractivity contribution in [2.45, 2.75) is 13.8 Å². The Morgan fingerprint density at radius 1 is 1.20 bits per heavy atom. The summed E-state index contributed by atoms with van der Waals surface area (Å²) in [5.41, 5.74) is 8.91. The lowest BCUT2D eigenvalue weighted by Gasteiger charge is -2.10. The van der Waals surface area contributed by atoms with E-state index in [9.17, 15) is 4.79 Å². The molecule has 104 valence electrons. The van der Waals surface area contributed by atoms with Gasteiger partial charge in [-0.15, -0.1) is 0 Å². The highest BCUT2D eigenvalue weighted by Crippen LogP contribution is 2.25. The molecular weight excluding hydrogens is 386 g/mol. The Bertz CT molecular complexity index is 663. The fraction of sp³-hybridized carbons (Fsp3) is 0.143. The molecule has 0 saturated carbocycles. The molecule has 0 fully saturated rings. The first-order valence-corrected chi connectivity index (χ1v) is 7.46. The van der Waals surface area contributed by atoms with E-state index in [0.717, 1.165) is 21.3 Å². The van der Waals surface area contributed by atoms with Crippen LogP contribution in [0.25, 0.3) is 0 Å². The van der Waals surface area contributed by atoms with Gasteiger partial charge in [0.15, 0.2) is 0 Å². The SMILES string of the molecule is Cc1cc(NC(=O)c2cc(Br)cnc2N)cc(C)c1Br. The number of rotatable bonds is 2. The van der Waals surface area contributed by atoms with Gasteiger partial charge >= 0.3 is 0 Å². The lowest BCUT2D eigenvalue weighted by atomic mass is 10.1. The van der Waals surface area contributed by atoms with Crippen molar-refractivity contribution in [2.75, 3.05) is 11.1 Å². The topological polar surface area (TPSA) is 68.0 Å². The number of aryl methyl sites for hydroxylation is 2. The van der Waals surface area contributed by atoms with Crippen LogP contribution in [0.1, 0.15) is 21.5 Å². The van der Waals surface area contributed by atoms with E-state index in [1.807, 2.05) is 26.0 Å². The summed E-state index contributed by atoms with van der Waals surface area (Å²) >= 11 is 6.78. The van der Waals surface area contributed by atoms with Gasteiger partial charge in [-0.1, -0.05) is 15.9 Å². The molecule has 1 aromatic carbocycles. The van der Waals surface area contributed by atoms with Crippen LogP contribution in [-0.4, -0.2) is 10.9 Å². The third-order valence-electron chi connectivity index (χ3n) is 2.82. The highest BCUT2D eigenvalue weighted by molar-refractivity contribution is 9.10. The summed E-state index contributed by atoms with van der Waals surface area (Å²) in [4.78, 5) is 16.2. The van der Waals surface area contributed by atoms with Crippen LogP contribution in [-0.2, 0) is 0 Å². The van der Waals surface area contributed by atoms with Crippen molar-refractivity contribution in [3.05, 3.63) is 50.0 Å². The van der Waals surface area contributed by atoms with Crippen LogP contribution in [0.2, 0.25) is 0 Å². The van der Waals surface area contributed by atoms with Gasteiger partial charge in [-0.3, -0.25) is 4.79 Å². The van der Waals surface area contributed by atoms with Crippen molar-refractivity contribution < 1.29 is 4.79 Å². The van der Waals surface area contributed by atoms with E-state index < -0.39 is 0 Å². The Labute approximate surface area is 134 Å². The smallest absolute Gasteiger partial charge is 0.259 e. The number of hydrogen-bond acceptors (Lipinski definition) is 3. The van der Waals surface area contributed by atoms with Crippen molar-refractivity contribution in [2.24, 2.45) is 0 Å². The number of amides is 1. The molecule has 0 aliphatic carbocycles. The number of hydrogen-bond donors (Lipinski definition) is 2. The second-order valence-electron chi connectivity index (χ2n) is 4.46. The summed E-state index contributed by atoms with van der Waals surface area (Å²) in [5, 5.41) is 2.83. The molecule has 1 heterocycles. The average Bonchev–Trinajstić information content (AvgIpc) is 2.38. The number of pyridine rings is 1. The molecule has 0 saturated heterocycles. The maximum absolute atomic E-state index is 12.2. The third kappa shape index (κ3) is 3.19.